The zero-order valence-corrected chi connectivity index (χ0v) is 39.1. The number of hydrogen-bond donors (Lipinski definition) is 4. The number of thiazole rings is 1. The summed E-state index contributed by atoms with van der Waals surface area (Å²) >= 11 is 3.07. The number of thiophene rings is 1. The fraction of sp³-hybridized carbons (Fsp3) is 0.396. The molecule has 0 radical (unpaired) electrons. The van der Waals surface area contributed by atoms with Crippen LogP contribution in [0.15, 0.2) is 83.1 Å². The van der Waals surface area contributed by atoms with Gasteiger partial charge in [0.05, 0.1) is 53.8 Å². The van der Waals surface area contributed by atoms with Gasteiger partial charge in [-0.1, -0.05) is 55.4 Å². The Labute approximate surface area is 386 Å². The summed E-state index contributed by atoms with van der Waals surface area (Å²) in [4.78, 5) is 33.6. The second kappa shape index (κ2) is 19.8. The molecule has 0 saturated carbocycles. The summed E-state index contributed by atoms with van der Waals surface area (Å²) in [7, 11) is 0. The molecule has 15 nitrogen and oxygen atoms in total. The Kier molecular flexibility index (Phi) is 14.0. The Morgan fingerprint density at radius 3 is 2.38 bits per heavy atom. The first-order chi connectivity index (χ1) is 31.3. The van der Waals surface area contributed by atoms with Crippen LogP contribution < -0.4 is 10.2 Å². The van der Waals surface area contributed by atoms with Crippen molar-refractivity contribution in [2.24, 2.45) is 5.92 Å². The van der Waals surface area contributed by atoms with Crippen LogP contribution in [0.25, 0.3) is 43.2 Å². The lowest BCUT2D eigenvalue weighted by Crippen LogP contribution is -2.43. The van der Waals surface area contributed by atoms with Crippen molar-refractivity contribution in [1.82, 2.24) is 40.5 Å². The summed E-state index contributed by atoms with van der Waals surface area (Å²) < 4.78 is 12.1. The third-order valence-electron chi connectivity index (χ3n) is 12.1. The molecule has 7 aromatic rings. The monoisotopic (exact) mass is 917 g/mol. The van der Waals surface area contributed by atoms with E-state index in [1.165, 1.54) is 11.3 Å². The predicted octanol–water partition coefficient (Wildman–Crippen LogP) is 8.01. The van der Waals surface area contributed by atoms with Gasteiger partial charge in [0.15, 0.2) is 0 Å². The van der Waals surface area contributed by atoms with Crippen molar-refractivity contribution < 1.29 is 29.4 Å². The standard InChI is InChI=1S/C48H55N9O6S2/c1-28(2)38(25-62-27-56(23-29(3)58)24-43(60)52-31(5)33-11-13-34(14-12-33)44-32(6)51-26-64-44)42-20-39(55-63-42)35-21-49-47(50-22-35)57-17-15-48(61,16-18-57)45-30(4)37-19-40(53-54-46(37)65-45)36-9-7-8-10-41(36)59/h7-14,19-22,26,28-29,31,38,58-59,61H,15-18,23-25,27H2,1-6H3,(H,52,60)/t29-,31+,38-/m1/s1. The molecule has 65 heavy (non-hydrogen) atoms. The minimum absolute atomic E-state index is 0.0608. The lowest BCUT2D eigenvalue weighted by molar-refractivity contribution is -0.125. The number of nitrogens with one attached hydrogen (secondary N) is 1. The predicted molar refractivity (Wildman–Crippen MR) is 253 cm³/mol. The van der Waals surface area contributed by atoms with Gasteiger partial charge >= 0.3 is 0 Å². The van der Waals surface area contributed by atoms with E-state index in [-0.39, 0.29) is 49.4 Å². The van der Waals surface area contributed by atoms with Gasteiger partial charge in [-0.3, -0.25) is 9.69 Å². The number of ether oxygens (including phenoxy) is 1. The van der Waals surface area contributed by atoms with E-state index >= 15 is 0 Å². The van der Waals surface area contributed by atoms with Crippen molar-refractivity contribution >= 4 is 44.7 Å². The minimum Gasteiger partial charge on any atom is -0.507 e. The third-order valence-corrected chi connectivity index (χ3v) is 14.4. The van der Waals surface area contributed by atoms with Gasteiger partial charge in [-0.25, -0.2) is 15.0 Å². The molecule has 1 fully saturated rings. The summed E-state index contributed by atoms with van der Waals surface area (Å²) in [6, 6.07) is 18.8. The molecular weight excluding hydrogens is 863 g/mol. The van der Waals surface area contributed by atoms with Crippen LogP contribution in [-0.2, 0) is 15.1 Å². The zero-order valence-electron chi connectivity index (χ0n) is 37.4. The van der Waals surface area contributed by atoms with Gasteiger partial charge in [-0.15, -0.1) is 32.9 Å². The number of amides is 1. The van der Waals surface area contributed by atoms with Crippen LogP contribution in [0.4, 0.5) is 5.95 Å². The number of phenols is 1. The maximum Gasteiger partial charge on any atom is 0.234 e. The first-order valence-corrected chi connectivity index (χ1v) is 23.6. The molecule has 0 spiro atoms. The Morgan fingerprint density at radius 2 is 1.71 bits per heavy atom. The molecule has 2 aromatic carbocycles. The molecule has 0 unspecified atom stereocenters. The van der Waals surface area contributed by atoms with E-state index in [1.54, 1.807) is 47.7 Å². The number of nitrogens with zero attached hydrogens (tertiary/aromatic N) is 8. The number of phenolic OH excluding ortho intramolecular Hbond substituents is 1. The molecule has 8 rings (SSSR count). The minimum atomic E-state index is -1.03. The molecule has 4 N–H and O–H groups in total. The van der Waals surface area contributed by atoms with Crippen molar-refractivity contribution in [3.05, 3.63) is 106 Å². The number of rotatable bonds is 17. The fourth-order valence-corrected chi connectivity index (χ4v) is 10.4. The highest BCUT2D eigenvalue weighted by Gasteiger charge is 2.38. The Bertz CT molecular complexity index is 2710. The molecule has 0 aliphatic carbocycles. The highest BCUT2D eigenvalue weighted by atomic mass is 32.1. The number of aliphatic hydroxyl groups is 2. The van der Waals surface area contributed by atoms with Crippen LogP contribution in [0, 0.1) is 19.8 Å². The van der Waals surface area contributed by atoms with E-state index in [4.69, 9.17) is 9.26 Å². The number of carbonyl (C=O) groups is 1. The first kappa shape index (κ1) is 45.9. The molecule has 1 amide bonds. The number of aromatic hydroxyl groups is 1. The number of hydrogen-bond acceptors (Lipinski definition) is 16. The lowest BCUT2D eigenvalue weighted by Gasteiger charge is -2.38. The first-order valence-electron chi connectivity index (χ1n) is 21.9. The fourth-order valence-electron chi connectivity index (χ4n) is 8.33. The quantitative estimate of drug-likeness (QED) is 0.0641. The second-order valence-electron chi connectivity index (χ2n) is 17.3. The largest absolute Gasteiger partial charge is 0.507 e. The normalized spacial score (nSPS) is 15.4. The average molecular weight is 918 g/mol. The highest BCUT2D eigenvalue weighted by molar-refractivity contribution is 7.19. The summed E-state index contributed by atoms with van der Waals surface area (Å²) in [6.45, 7) is 13.7. The Balaban J connectivity index is 0.843. The molecule has 17 heteroatoms. The Hall–Kier alpha value is -5.69. The van der Waals surface area contributed by atoms with Gasteiger partial charge in [0.1, 0.15) is 27.6 Å². The summed E-state index contributed by atoms with van der Waals surface area (Å²) in [5.74, 6) is 1.23. The molecule has 3 atom stereocenters. The summed E-state index contributed by atoms with van der Waals surface area (Å²) in [5.41, 5.74) is 7.38. The number of benzene rings is 2. The number of piperidine rings is 1. The number of aliphatic hydroxyl groups excluding tert-OH is 1. The number of aromatic nitrogens is 6. The van der Waals surface area contributed by atoms with E-state index < -0.39 is 11.7 Å². The molecule has 1 aliphatic rings. The SMILES string of the molecule is Cc1ncsc1-c1ccc([C@H](C)NC(=O)CN(COC[C@@H](c2cc(-c3cnc(N4CCC(O)(c5sc6nnc(-c7ccccc7O)cc6c5C)CC4)nc3)no2)C(C)C)C[C@@H](C)O)cc1. The molecule has 6 heterocycles. The van der Waals surface area contributed by atoms with Crippen LogP contribution in [0.3, 0.4) is 0 Å². The van der Waals surface area contributed by atoms with Crippen LogP contribution in [0.1, 0.15) is 80.0 Å². The van der Waals surface area contributed by atoms with Crippen LogP contribution in [-0.4, -0.2) is 102 Å². The van der Waals surface area contributed by atoms with E-state index in [9.17, 15) is 20.1 Å². The number of carbonyl (C=O) groups excluding carboxylic acids is 1. The number of para-hydroxylation sites is 1. The molecule has 1 saturated heterocycles. The number of anilines is 1. The van der Waals surface area contributed by atoms with E-state index in [2.05, 4.69) is 66.5 Å². The number of aryl methyl sites for hydroxylation is 2. The van der Waals surface area contributed by atoms with Gasteiger partial charge < -0.3 is 34.8 Å². The van der Waals surface area contributed by atoms with Crippen molar-refractivity contribution in [2.75, 3.05) is 44.4 Å². The van der Waals surface area contributed by atoms with Gasteiger partial charge in [-0.2, -0.15) is 0 Å². The van der Waals surface area contributed by atoms with Crippen LogP contribution in [0.2, 0.25) is 0 Å². The van der Waals surface area contributed by atoms with Gasteiger partial charge in [0.2, 0.25) is 11.9 Å². The van der Waals surface area contributed by atoms with E-state index in [0.717, 1.165) is 42.4 Å². The second-order valence-corrected chi connectivity index (χ2v) is 19.2. The smallest absolute Gasteiger partial charge is 0.234 e. The lowest BCUT2D eigenvalue weighted by atomic mass is 9.87. The van der Waals surface area contributed by atoms with Crippen LogP contribution >= 0.6 is 22.7 Å². The van der Waals surface area contributed by atoms with Gasteiger partial charge in [0, 0.05) is 65.4 Å². The van der Waals surface area contributed by atoms with Gasteiger partial charge in [-0.05, 0) is 81.3 Å². The molecule has 1 aliphatic heterocycles. The third kappa shape index (κ3) is 10.4. The van der Waals surface area contributed by atoms with Crippen molar-refractivity contribution in [3.63, 3.8) is 0 Å². The van der Waals surface area contributed by atoms with Gasteiger partial charge in [0.25, 0.3) is 0 Å². The zero-order chi connectivity index (χ0) is 45.8. The van der Waals surface area contributed by atoms with Crippen molar-refractivity contribution in [3.8, 4) is 38.7 Å². The molecule has 5 aromatic heterocycles. The summed E-state index contributed by atoms with van der Waals surface area (Å²) in [6.07, 6.45) is 3.80. The van der Waals surface area contributed by atoms with E-state index in [0.29, 0.717) is 66.8 Å². The average Bonchev–Trinajstić information content (AvgIpc) is 4.04. The maximum atomic E-state index is 13.2. The van der Waals surface area contributed by atoms with Crippen molar-refractivity contribution in [1.29, 1.82) is 0 Å². The topological polar surface area (TPSA) is 196 Å². The summed E-state index contributed by atoms with van der Waals surface area (Å²) in [5, 5.41) is 49.8. The maximum absolute atomic E-state index is 13.2. The molecule has 340 valence electrons. The number of fused-ring (bicyclic) bond motifs is 1. The van der Waals surface area contributed by atoms with E-state index in [1.807, 2.05) is 62.7 Å². The molecule has 0 bridgehead atoms. The Morgan fingerprint density at radius 1 is 0.969 bits per heavy atom. The highest BCUT2D eigenvalue weighted by Crippen LogP contribution is 2.43. The molecular formula is C48H55N9O6S2. The van der Waals surface area contributed by atoms with Crippen LogP contribution in [0.5, 0.6) is 5.75 Å². The van der Waals surface area contributed by atoms with Crippen molar-refractivity contribution in [2.45, 2.75) is 78.0 Å².